The molecule has 2 aromatic carbocycles. The standard InChI is InChI=1S/C35H48N2O7/c1-11-13-41-31-21(5)32-33(43-18-42-32)28-24(31)16-26(37(25(28)12-2)34(39)44-35(6,7)8)29-27-20(4)30(40-10)19(3)14-22(27)15-23(17-38)36(29)9/h11,14,23,25-26,29,38H,1,12-13,15-18H2,2-10H3/t23-,25-,26-,29?/m0/s1. The number of rotatable bonds is 7. The van der Waals surface area contributed by atoms with E-state index in [4.69, 9.17) is 23.7 Å². The fourth-order valence-electron chi connectivity index (χ4n) is 7.60. The Morgan fingerprint density at radius 3 is 2.43 bits per heavy atom. The molecule has 0 saturated heterocycles. The van der Waals surface area contributed by atoms with Crippen LogP contribution in [0.25, 0.3) is 0 Å². The first-order chi connectivity index (χ1) is 20.9. The SMILES string of the molecule is C=CCOc1c(C)c2c(c3c1C[C@@H](C1c4c(cc(C)c(OC)c4C)C[C@@H](CO)N1C)N(C(=O)OC(C)(C)C)[C@H]3CC)OCO2. The molecule has 240 valence electrons. The van der Waals surface area contributed by atoms with E-state index in [0.717, 1.165) is 50.4 Å². The van der Waals surface area contributed by atoms with E-state index in [0.29, 0.717) is 37.4 Å². The number of carbonyl (C=O) groups excluding carboxylic acids is 1. The second kappa shape index (κ2) is 12.2. The molecule has 9 heteroatoms. The van der Waals surface area contributed by atoms with E-state index in [1.165, 1.54) is 0 Å². The summed E-state index contributed by atoms with van der Waals surface area (Å²) in [7, 11) is 3.75. The molecule has 1 amide bonds. The van der Waals surface area contributed by atoms with E-state index in [9.17, 15) is 9.90 Å². The van der Waals surface area contributed by atoms with Gasteiger partial charge in [0.05, 0.1) is 31.8 Å². The number of hydrogen-bond acceptors (Lipinski definition) is 8. The Kier molecular flexibility index (Phi) is 8.84. The number of hydrogen-bond donors (Lipinski definition) is 1. The Balaban J connectivity index is 1.80. The van der Waals surface area contributed by atoms with Crippen molar-refractivity contribution >= 4 is 6.09 Å². The number of carbonyl (C=O) groups is 1. The zero-order valence-corrected chi connectivity index (χ0v) is 27.7. The minimum Gasteiger partial charge on any atom is -0.496 e. The summed E-state index contributed by atoms with van der Waals surface area (Å²) >= 11 is 0. The Bertz CT molecular complexity index is 1450. The second-order valence-electron chi connectivity index (χ2n) is 13.2. The molecule has 0 fully saturated rings. The van der Waals surface area contributed by atoms with Crippen molar-refractivity contribution in [2.45, 2.75) is 97.5 Å². The molecule has 2 aromatic rings. The van der Waals surface area contributed by atoms with Crippen LogP contribution in [0.3, 0.4) is 0 Å². The highest BCUT2D eigenvalue weighted by molar-refractivity contribution is 5.73. The molecule has 9 nitrogen and oxygen atoms in total. The van der Waals surface area contributed by atoms with Gasteiger partial charge in [-0.05, 0) is 90.1 Å². The van der Waals surface area contributed by atoms with E-state index in [2.05, 4.69) is 38.3 Å². The minimum atomic E-state index is -0.701. The van der Waals surface area contributed by atoms with Gasteiger partial charge in [-0.1, -0.05) is 25.6 Å². The lowest BCUT2D eigenvalue weighted by atomic mass is 9.75. The van der Waals surface area contributed by atoms with Gasteiger partial charge in [0.25, 0.3) is 0 Å². The van der Waals surface area contributed by atoms with Gasteiger partial charge in [-0.15, -0.1) is 0 Å². The van der Waals surface area contributed by atoms with Crippen molar-refractivity contribution in [3.63, 3.8) is 0 Å². The number of ether oxygens (including phenoxy) is 5. The lowest BCUT2D eigenvalue weighted by Crippen LogP contribution is -2.57. The Morgan fingerprint density at radius 2 is 1.82 bits per heavy atom. The molecular weight excluding hydrogens is 560 g/mol. The summed E-state index contributed by atoms with van der Waals surface area (Å²) in [5.41, 5.74) is 6.47. The quantitative estimate of drug-likeness (QED) is 0.377. The van der Waals surface area contributed by atoms with Crippen molar-refractivity contribution in [3.05, 3.63) is 57.7 Å². The normalized spacial score (nSPS) is 22.7. The van der Waals surface area contributed by atoms with Crippen LogP contribution < -0.4 is 18.9 Å². The predicted octanol–water partition coefficient (Wildman–Crippen LogP) is 6.12. The highest BCUT2D eigenvalue weighted by Crippen LogP contribution is 2.56. The maximum absolute atomic E-state index is 14.4. The fourth-order valence-corrected chi connectivity index (χ4v) is 7.60. The number of aryl methyl sites for hydroxylation is 1. The summed E-state index contributed by atoms with van der Waals surface area (Å²) < 4.78 is 30.5. The summed E-state index contributed by atoms with van der Waals surface area (Å²) in [5.74, 6) is 2.90. The summed E-state index contributed by atoms with van der Waals surface area (Å²) in [5, 5.41) is 10.6. The first-order valence-corrected chi connectivity index (χ1v) is 15.6. The Labute approximate surface area is 261 Å². The van der Waals surface area contributed by atoms with Crippen LogP contribution in [-0.4, -0.2) is 72.8 Å². The van der Waals surface area contributed by atoms with Crippen LogP contribution in [0.1, 0.15) is 85.1 Å². The fraction of sp³-hybridized carbons (Fsp3) is 0.571. The number of benzene rings is 2. The number of amides is 1. The average molecular weight is 609 g/mol. The molecule has 0 spiro atoms. The van der Waals surface area contributed by atoms with Gasteiger partial charge >= 0.3 is 6.09 Å². The van der Waals surface area contributed by atoms with E-state index in [1.807, 2.05) is 39.6 Å². The summed E-state index contributed by atoms with van der Waals surface area (Å²) in [6.45, 7) is 18.2. The van der Waals surface area contributed by atoms with Gasteiger partial charge in [-0.25, -0.2) is 4.79 Å². The second-order valence-corrected chi connectivity index (χ2v) is 13.2. The molecule has 3 aliphatic rings. The van der Waals surface area contributed by atoms with Crippen LogP contribution in [0.2, 0.25) is 0 Å². The van der Waals surface area contributed by atoms with E-state index < -0.39 is 5.60 Å². The molecule has 1 N–H and O–H groups in total. The third kappa shape index (κ3) is 5.28. The van der Waals surface area contributed by atoms with Crippen molar-refractivity contribution in [3.8, 4) is 23.0 Å². The van der Waals surface area contributed by atoms with Crippen molar-refractivity contribution in [2.24, 2.45) is 0 Å². The van der Waals surface area contributed by atoms with Gasteiger partial charge in [-0.2, -0.15) is 0 Å². The maximum atomic E-state index is 14.4. The van der Waals surface area contributed by atoms with Crippen LogP contribution in [0.5, 0.6) is 23.0 Å². The van der Waals surface area contributed by atoms with Gasteiger partial charge in [0, 0.05) is 22.7 Å². The lowest BCUT2D eigenvalue weighted by molar-refractivity contribution is -0.0249. The molecule has 0 aliphatic carbocycles. The first-order valence-electron chi connectivity index (χ1n) is 15.6. The van der Waals surface area contributed by atoms with E-state index in [1.54, 1.807) is 13.2 Å². The van der Waals surface area contributed by atoms with Crippen LogP contribution in [0.15, 0.2) is 18.7 Å². The molecule has 1 unspecified atom stereocenters. The predicted molar refractivity (Wildman–Crippen MR) is 169 cm³/mol. The molecule has 0 saturated carbocycles. The third-order valence-corrected chi connectivity index (χ3v) is 9.30. The van der Waals surface area contributed by atoms with Gasteiger partial charge < -0.3 is 28.8 Å². The molecule has 0 aromatic heterocycles. The largest absolute Gasteiger partial charge is 0.496 e. The van der Waals surface area contributed by atoms with Crippen LogP contribution in [0.4, 0.5) is 4.79 Å². The first kappa shape index (κ1) is 32.0. The number of likely N-dealkylation sites (N-methyl/N-ethyl adjacent to an activating group) is 1. The molecule has 4 atom stereocenters. The Hall–Kier alpha value is -3.43. The highest BCUT2D eigenvalue weighted by atomic mass is 16.7. The zero-order valence-electron chi connectivity index (χ0n) is 27.7. The van der Waals surface area contributed by atoms with Gasteiger partial charge in [0.15, 0.2) is 11.5 Å². The van der Waals surface area contributed by atoms with E-state index in [-0.39, 0.29) is 43.7 Å². The average Bonchev–Trinajstić information content (AvgIpc) is 3.46. The maximum Gasteiger partial charge on any atom is 0.411 e. The minimum absolute atomic E-state index is 0.00495. The third-order valence-electron chi connectivity index (χ3n) is 9.30. The number of methoxy groups -OCH3 is 1. The summed E-state index contributed by atoms with van der Waals surface area (Å²) in [6.07, 6.45) is 3.14. The molecule has 3 heterocycles. The smallest absolute Gasteiger partial charge is 0.411 e. The molecule has 0 radical (unpaired) electrons. The summed E-state index contributed by atoms with van der Waals surface area (Å²) in [4.78, 5) is 18.5. The molecule has 44 heavy (non-hydrogen) atoms. The van der Waals surface area contributed by atoms with E-state index >= 15 is 0 Å². The topological polar surface area (TPSA) is 89.9 Å². The van der Waals surface area contributed by atoms with Gasteiger partial charge in [-0.3, -0.25) is 9.80 Å². The lowest BCUT2D eigenvalue weighted by Gasteiger charge is -2.52. The monoisotopic (exact) mass is 608 g/mol. The Morgan fingerprint density at radius 1 is 1.11 bits per heavy atom. The number of aliphatic hydroxyl groups is 1. The highest BCUT2D eigenvalue weighted by Gasteiger charge is 2.50. The van der Waals surface area contributed by atoms with Gasteiger partial charge in [0.2, 0.25) is 6.79 Å². The van der Waals surface area contributed by atoms with Crippen molar-refractivity contribution in [2.75, 3.05) is 34.2 Å². The van der Waals surface area contributed by atoms with Crippen molar-refractivity contribution in [1.29, 1.82) is 0 Å². The number of nitrogens with zero attached hydrogens (tertiary/aromatic N) is 2. The zero-order chi connectivity index (χ0) is 32.1. The van der Waals surface area contributed by atoms with Crippen LogP contribution in [0, 0.1) is 20.8 Å². The molecule has 3 aliphatic heterocycles. The molecular formula is C35H48N2O7. The van der Waals surface area contributed by atoms with Crippen LogP contribution >= 0.6 is 0 Å². The number of aliphatic hydroxyl groups excluding tert-OH is 1. The summed E-state index contributed by atoms with van der Waals surface area (Å²) in [6, 6.07) is 1.04. The van der Waals surface area contributed by atoms with Gasteiger partial charge in [0.1, 0.15) is 23.7 Å². The van der Waals surface area contributed by atoms with Crippen molar-refractivity contribution in [1.82, 2.24) is 9.80 Å². The molecule has 5 rings (SSSR count). The van der Waals surface area contributed by atoms with Crippen molar-refractivity contribution < 1.29 is 33.6 Å². The van der Waals surface area contributed by atoms with Crippen LogP contribution in [-0.2, 0) is 17.6 Å². The molecule has 0 bridgehead atoms. The number of fused-ring (bicyclic) bond motifs is 4.